The van der Waals surface area contributed by atoms with E-state index in [2.05, 4.69) is 0 Å². The number of nitrogens with two attached hydrogens (primary N) is 1. The van der Waals surface area contributed by atoms with Gasteiger partial charge < -0.3 is 5.73 Å². The third-order valence-corrected chi connectivity index (χ3v) is 2.89. The van der Waals surface area contributed by atoms with Crippen LogP contribution < -0.4 is 5.73 Å². The summed E-state index contributed by atoms with van der Waals surface area (Å²) < 4.78 is 0.738. The molecule has 72 valence electrons. The maximum Gasteiger partial charge on any atom is 0.138 e. The van der Waals surface area contributed by atoms with E-state index < -0.39 is 0 Å². The van der Waals surface area contributed by atoms with Crippen molar-refractivity contribution in [2.45, 2.75) is 19.3 Å². The predicted molar refractivity (Wildman–Crippen MR) is 56.3 cm³/mol. The second kappa shape index (κ2) is 5.37. The van der Waals surface area contributed by atoms with Crippen LogP contribution in [0, 0.1) is 0 Å². The van der Waals surface area contributed by atoms with Crippen molar-refractivity contribution >= 4 is 28.7 Å². The van der Waals surface area contributed by atoms with Gasteiger partial charge in [0, 0.05) is 17.7 Å². The van der Waals surface area contributed by atoms with Crippen molar-refractivity contribution in [2.75, 3.05) is 6.54 Å². The Hall–Kier alpha value is -0.380. The minimum Gasteiger partial charge on any atom is -0.330 e. The normalized spacial score (nSPS) is 10.3. The van der Waals surface area contributed by atoms with E-state index in [4.69, 9.17) is 17.3 Å². The quantitative estimate of drug-likeness (QED) is 0.822. The minimum absolute atomic E-state index is 0.240. The molecule has 0 amide bonds. The number of carbonyl (C=O) groups excluding carboxylic acids is 1. The van der Waals surface area contributed by atoms with Crippen LogP contribution in [-0.2, 0) is 11.2 Å². The number of Topliss-reactive ketones (excluding diaryl/α,β-unsaturated/α-hetero) is 1. The van der Waals surface area contributed by atoms with Crippen molar-refractivity contribution in [2.24, 2.45) is 5.73 Å². The second-order valence-corrected chi connectivity index (χ2v) is 4.61. The molecule has 13 heavy (non-hydrogen) atoms. The Kier molecular flexibility index (Phi) is 4.42. The Bertz CT molecular complexity index is 285. The molecule has 2 N–H and O–H groups in total. The van der Waals surface area contributed by atoms with Crippen LogP contribution in [0.1, 0.15) is 17.7 Å². The first-order chi connectivity index (χ1) is 6.22. The summed E-state index contributed by atoms with van der Waals surface area (Å²) in [5.41, 5.74) is 5.30. The van der Waals surface area contributed by atoms with Crippen LogP contribution in [0.15, 0.2) is 12.1 Å². The van der Waals surface area contributed by atoms with E-state index in [1.807, 2.05) is 12.1 Å². The summed E-state index contributed by atoms with van der Waals surface area (Å²) in [6.07, 6.45) is 1.85. The summed E-state index contributed by atoms with van der Waals surface area (Å²) in [5.74, 6) is 0.240. The van der Waals surface area contributed by atoms with Gasteiger partial charge in [-0.2, -0.15) is 0 Å². The molecular weight excluding hydrogens is 206 g/mol. The lowest BCUT2D eigenvalue weighted by molar-refractivity contribution is -0.118. The van der Waals surface area contributed by atoms with Crippen molar-refractivity contribution in [3.63, 3.8) is 0 Å². The van der Waals surface area contributed by atoms with Crippen LogP contribution in [-0.4, -0.2) is 12.3 Å². The van der Waals surface area contributed by atoms with E-state index in [0.29, 0.717) is 19.4 Å². The molecule has 1 aromatic heterocycles. The molecule has 0 saturated heterocycles. The molecule has 0 aliphatic carbocycles. The van der Waals surface area contributed by atoms with Gasteiger partial charge in [0.2, 0.25) is 0 Å². The molecule has 0 bridgehead atoms. The predicted octanol–water partition coefficient (Wildman–Crippen LogP) is 2.25. The van der Waals surface area contributed by atoms with Gasteiger partial charge in [-0.15, -0.1) is 11.3 Å². The lowest BCUT2D eigenvalue weighted by Gasteiger charge is -1.96. The van der Waals surface area contributed by atoms with Gasteiger partial charge in [0.15, 0.2) is 0 Å². The Labute approximate surface area is 86.7 Å². The molecule has 0 aliphatic rings. The van der Waals surface area contributed by atoms with Crippen molar-refractivity contribution in [1.29, 1.82) is 0 Å². The fourth-order valence-electron chi connectivity index (χ4n) is 1.03. The SMILES string of the molecule is NCCCC(=O)Cc1ccc(Cl)s1. The topological polar surface area (TPSA) is 43.1 Å². The Morgan fingerprint density at radius 2 is 2.31 bits per heavy atom. The molecule has 1 aromatic rings. The van der Waals surface area contributed by atoms with E-state index in [-0.39, 0.29) is 5.78 Å². The molecule has 0 spiro atoms. The van der Waals surface area contributed by atoms with Gasteiger partial charge in [-0.25, -0.2) is 0 Å². The number of hydrogen-bond donors (Lipinski definition) is 1. The summed E-state index contributed by atoms with van der Waals surface area (Å²) >= 11 is 7.20. The molecule has 0 unspecified atom stereocenters. The first-order valence-corrected chi connectivity index (χ1v) is 5.38. The maximum absolute atomic E-state index is 11.3. The highest BCUT2D eigenvalue weighted by Crippen LogP contribution is 2.22. The Morgan fingerprint density at radius 3 is 2.85 bits per heavy atom. The van der Waals surface area contributed by atoms with Crippen LogP contribution >= 0.6 is 22.9 Å². The smallest absolute Gasteiger partial charge is 0.138 e. The number of halogens is 1. The first kappa shape index (κ1) is 10.7. The van der Waals surface area contributed by atoms with Crippen LogP contribution in [0.5, 0.6) is 0 Å². The van der Waals surface area contributed by atoms with Crippen LogP contribution in [0.2, 0.25) is 4.34 Å². The summed E-state index contributed by atoms with van der Waals surface area (Å²) in [7, 11) is 0. The van der Waals surface area contributed by atoms with Gasteiger partial charge in [0.05, 0.1) is 4.34 Å². The molecule has 4 heteroatoms. The summed E-state index contributed by atoms with van der Waals surface area (Å²) in [6, 6.07) is 3.71. The molecule has 0 atom stereocenters. The Morgan fingerprint density at radius 1 is 1.54 bits per heavy atom. The van der Waals surface area contributed by atoms with Crippen LogP contribution in [0.4, 0.5) is 0 Å². The molecule has 1 rings (SSSR count). The van der Waals surface area contributed by atoms with Crippen LogP contribution in [0.3, 0.4) is 0 Å². The van der Waals surface area contributed by atoms with E-state index in [1.54, 1.807) is 0 Å². The van der Waals surface area contributed by atoms with Gasteiger partial charge in [-0.3, -0.25) is 4.79 Å². The standard InChI is InChI=1S/C9H12ClNOS/c10-9-4-3-8(13-9)6-7(12)2-1-5-11/h3-4H,1-2,5-6,11H2. The zero-order chi connectivity index (χ0) is 9.68. The lowest BCUT2D eigenvalue weighted by atomic mass is 10.1. The molecule has 1 heterocycles. The van der Waals surface area contributed by atoms with E-state index in [0.717, 1.165) is 15.6 Å². The van der Waals surface area contributed by atoms with Crippen molar-refractivity contribution in [3.8, 4) is 0 Å². The van der Waals surface area contributed by atoms with Crippen LogP contribution in [0.25, 0.3) is 0 Å². The molecule has 2 nitrogen and oxygen atoms in total. The highest BCUT2D eigenvalue weighted by atomic mass is 35.5. The summed E-state index contributed by atoms with van der Waals surface area (Å²) in [4.78, 5) is 12.3. The maximum atomic E-state index is 11.3. The fourth-order valence-corrected chi connectivity index (χ4v) is 2.14. The van der Waals surface area contributed by atoms with E-state index in [9.17, 15) is 4.79 Å². The molecular formula is C9H12ClNOS. The fraction of sp³-hybridized carbons (Fsp3) is 0.444. The van der Waals surface area contributed by atoms with Crippen molar-refractivity contribution in [1.82, 2.24) is 0 Å². The largest absolute Gasteiger partial charge is 0.330 e. The highest BCUT2D eigenvalue weighted by molar-refractivity contribution is 7.16. The average Bonchev–Trinajstić information content (AvgIpc) is 2.48. The molecule has 0 aromatic carbocycles. The van der Waals surface area contributed by atoms with Gasteiger partial charge in [-0.1, -0.05) is 11.6 Å². The van der Waals surface area contributed by atoms with Gasteiger partial charge in [-0.05, 0) is 25.1 Å². The molecule has 0 fully saturated rings. The van der Waals surface area contributed by atoms with Crippen molar-refractivity contribution < 1.29 is 4.79 Å². The first-order valence-electron chi connectivity index (χ1n) is 4.18. The third-order valence-electron chi connectivity index (χ3n) is 1.66. The zero-order valence-corrected chi connectivity index (χ0v) is 8.83. The van der Waals surface area contributed by atoms with E-state index >= 15 is 0 Å². The molecule has 0 radical (unpaired) electrons. The zero-order valence-electron chi connectivity index (χ0n) is 7.25. The van der Waals surface area contributed by atoms with Crippen molar-refractivity contribution in [3.05, 3.63) is 21.3 Å². The van der Waals surface area contributed by atoms with E-state index in [1.165, 1.54) is 11.3 Å². The highest BCUT2D eigenvalue weighted by Gasteiger charge is 2.04. The lowest BCUT2D eigenvalue weighted by Crippen LogP contribution is -2.06. The average molecular weight is 218 g/mol. The number of rotatable bonds is 5. The second-order valence-electron chi connectivity index (χ2n) is 2.81. The molecule has 0 aliphatic heterocycles. The number of thiophene rings is 1. The van der Waals surface area contributed by atoms with Gasteiger partial charge in [0.25, 0.3) is 0 Å². The number of hydrogen-bond acceptors (Lipinski definition) is 3. The van der Waals surface area contributed by atoms with Gasteiger partial charge >= 0.3 is 0 Å². The monoisotopic (exact) mass is 217 g/mol. The summed E-state index contributed by atoms with van der Waals surface area (Å²) in [5, 5.41) is 0. The summed E-state index contributed by atoms with van der Waals surface area (Å²) in [6.45, 7) is 0.580. The number of carbonyl (C=O) groups is 1. The minimum atomic E-state index is 0.240. The Balaban J connectivity index is 2.36. The van der Waals surface area contributed by atoms with Gasteiger partial charge in [0.1, 0.15) is 5.78 Å². The number of ketones is 1. The third kappa shape index (κ3) is 3.89. The molecule has 0 saturated carbocycles.